The molecule has 0 saturated heterocycles. The molecule has 0 unspecified atom stereocenters. The Morgan fingerprint density at radius 1 is 0.600 bits per heavy atom. The molecule has 0 aromatic rings. The van der Waals surface area contributed by atoms with Gasteiger partial charge in [-0.2, -0.15) is 0 Å². The molecule has 4 N–H and O–H groups in total. The van der Waals surface area contributed by atoms with Gasteiger partial charge in [0.05, 0.1) is 0 Å². The van der Waals surface area contributed by atoms with Gasteiger partial charge in [0.2, 0.25) is 0 Å². The third-order valence-electron chi connectivity index (χ3n) is 3.12. The van der Waals surface area contributed by atoms with E-state index in [0.717, 1.165) is 13.1 Å². The normalized spacial score (nSPS) is 8.16. The van der Waals surface area contributed by atoms with Crippen LogP contribution in [-0.2, 0) is 26.1 Å². The van der Waals surface area contributed by atoms with Crippen molar-refractivity contribution in [1.29, 1.82) is 0 Å². The summed E-state index contributed by atoms with van der Waals surface area (Å²) in [7, 11) is 0. The number of carboxylic acid groups (broad SMARTS) is 2. The minimum Gasteiger partial charge on any atom is -0.554 e. The van der Waals surface area contributed by atoms with Gasteiger partial charge in [0, 0.05) is 12.9 Å². The van der Waals surface area contributed by atoms with Crippen molar-refractivity contribution in [2.24, 2.45) is 11.5 Å². The molecule has 0 rings (SSSR count). The molecule has 0 saturated carbocycles. The summed E-state index contributed by atoms with van der Waals surface area (Å²) in [5.74, 6) is 0. The van der Waals surface area contributed by atoms with Crippen molar-refractivity contribution in [2.75, 3.05) is 13.1 Å². The molecule has 0 atom stereocenters. The van der Waals surface area contributed by atoms with Crippen LogP contribution in [-0.4, -0.2) is 26.0 Å². The molecule has 0 aromatic carbocycles. The fourth-order valence-electron chi connectivity index (χ4n) is 1.85. The Hall–Kier alpha value is -0.646. The monoisotopic (exact) mass is 406 g/mol. The number of nitrogens with two attached hydrogens (primary N) is 2. The first-order chi connectivity index (χ1) is 11.7. The van der Waals surface area contributed by atoms with E-state index in [4.69, 9.17) is 31.3 Å². The first-order valence-corrected chi connectivity index (χ1v) is 9.17. The van der Waals surface area contributed by atoms with Gasteiger partial charge >= 0.3 is 16.5 Å². The average Bonchev–Trinajstić information content (AvgIpc) is 2.57. The van der Waals surface area contributed by atoms with Crippen LogP contribution in [0.1, 0.15) is 90.9 Å². The van der Waals surface area contributed by atoms with Crippen LogP contribution in [0, 0.1) is 0 Å². The van der Waals surface area contributed by atoms with Crippen LogP contribution in [0.25, 0.3) is 0 Å². The second-order valence-corrected chi connectivity index (χ2v) is 5.31. The Kier molecular flexibility index (Phi) is 70.2. The van der Waals surface area contributed by atoms with Crippen molar-refractivity contribution in [2.45, 2.75) is 90.9 Å². The zero-order valence-corrected chi connectivity index (χ0v) is 17.1. The van der Waals surface area contributed by atoms with Crippen LogP contribution in [0.2, 0.25) is 0 Å². The van der Waals surface area contributed by atoms with E-state index in [-0.39, 0.29) is 16.5 Å². The summed E-state index contributed by atoms with van der Waals surface area (Å²) in [6.07, 6.45) is 16.1. The van der Waals surface area contributed by atoms with E-state index in [2.05, 4.69) is 13.8 Å². The van der Waals surface area contributed by atoms with Crippen molar-refractivity contribution in [1.82, 2.24) is 0 Å². The average molecular weight is 407 g/mol. The number of hydrogen-bond donors (Lipinski definition) is 2. The van der Waals surface area contributed by atoms with Crippen LogP contribution in [0.5, 0.6) is 0 Å². The zero-order chi connectivity index (χ0) is 19.3. The molecular weight excluding hydrogens is 367 g/mol. The van der Waals surface area contributed by atoms with Gasteiger partial charge in [-0.3, -0.25) is 0 Å². The molecule has 0 aliphatic carbocycles. The maximum absolute atomic E-state index is 8.25. The Morgan fingerprint density at radius 3 is 1.00 bits per heavy atom. The number of carbonyl (C=O) groups excluding carboxylic acids is 2. The van der Waals surface area contributed by atoms with Crippen molar-refractivity contribution in [3.63, 3.8) is 0 Å². The topological polar surface area (TPSA) is 132 Å². The molecule has 25 heavy (non-hydrogen) atoms. The number of unbranched alkanes of at least 4 members (excludes halogenated alkanes) is 10. The molecule has 0 amide bonds. The maximum atomic E-state index is 8.25. The summed E-state index contributed by atoms with van der Waals surface area (Å²) in [6, 6.07) is 0. The van der Waals surface area contributed by atoms with Gasteiger partial charge in [-0.05, 0) is 25.9 Å². The van der Waals surface area contributed by atoms with Gasteiger partial charge in [-0.1, -0.05) is 78.1 Å². The molecule has 0 bridgehead atoms. The van der Waals surface area contributed by atoms with E-state index in [0.29, 0.717) is 0 Å². The summed E-state index contributed by atoms with van der Waals surface area (Å²) < 4.78 is 0. The van der Waals surface area contributed by atoms with Gasteiger partial charge in [-0.25, -0.2) is 0 Å². The maximum Gasteiger partial charge on any atom is 2.00 e. The number of hydrogen-bond acceptors (Lipinski definition) is 6. The minimum absolute atomic E-state index is 0. The van der Waals surface area contributed by atoms with Gasteiger partial charge in [0.25, 0.3) is 0 Å². The number of carbonyl (C=O) groups is 2. The fourth-order valence-corrected chi connectivity index (χ4v) is 1.85. The first kappa shape index (κ1) is 35.5. The molecule has 0 spiro atoms. The molecule has 0 heterocycles. The van der Waals surface area contributed by atoms with E-state index >= 15 is 0 Å². The summed E-state index contributed by atoms with van der Waals surface area (Å²) in [6.45, 7) is 5.21. The largest absolute Gasteiger partial charge is 2.00 e. The molecule has 156 valence electrons. The predicted molar refractivity (Wildman–Crippen MR) is 97.0 cm³/mol. The molecule has 0 aromatic heterocycles. The van der Waals surface area contributed by atoms with E-state index in [9.17, 15) is 0 Å². The Morgan fingerprint density at radius 2 is 0.800 bits per heavy atom. The third kappa shape index (κ3) is 82.6. The molecule has 0 fully saturated rings. The van der Waals surface area contributed by atoms with Crippen LogP contribution < -0.4 is 21.7 Å². The SMILES string of the molecule is CCCCCCCCN.CCCCCCCCN.O=C[O-].O=C[O-].[Ni+2]. The summed E-state index contributed by atoms with van der Waals surface area (Å²) >= 11 is 0. The van der Waals surface area contributed by atoms with E-state index < -0.39 is 12.9 Å². The van der Waals surface area contributed by atoms with Crippen molar-refractivity contribution in [3.05, 3.63) is 0 Å². The summed E-state index contributed by atoms with van der Waals surface area (Å²) in [4.78, 5) is 16.5. The Bertz CT molecular complexity index is 168. The molecule has 0 aliphatic heterocycles. The van der Waals surface area contributed by atoms with Crippen LogP contribution in [0.4, 0.5) is 0 Å². The quantitative estimate of drug-likeness (QED) is 0.285. The van der Waals surface area contributed by atoms with E-state index in [1.54, 1.807) is 0 Å². The van der Waals surface area contributed by atoms with Crippen LogP contribution >= 0.6 is 0 Å². The zero-order valence-electron chi connectivity index (χ0n) is 16.2. The van der Waals surface area contributed by atoms with Crippen molar-refractivity contribution < 1.29 is 36.3 Å². The Balaban J connectivity index is -0.0000000788. The standard InChI is InChI=1S/2C8H19N.2CH2O2.Ni/c2*1-2-3-4-5-6-7-8-9;2*2-1-3;/h2*2-9H2,1H3;2*1H,(H,2,3);/q;;;;+2/p-2. The summed E-state index contributed by atoms with van der Waals surface area (Å²) in [5.41, 5.74) is 10.7. The minimum atomic E-state index is -0.500. The molecule has 6 nitrogen and oxygen atoms in total. The van der Waals surface area contributed by atoms with Crippen molar-refractivity contribution in [3.8, 4) is 0 Å². The third-order valence-corrected chi connectivity index (χ3v) is 3.12. The van der Waals surface area contributed by atoms with E-state index in [1.807, 2.05) is 0 Å². The number of rotatable bonds is 12. The summed E-state index contributed by atoms with van der Waals surface area (Å²) in [5, 5.41) is 16.5. The van der Waals surface area contributed by atoms with Gasteiger partial charge in [0.15, 0.2) is 0 Å². The van der Waals surface area contributed by atoms with Crippen molar-refractivity contribution >= 4 is 12.9 Å². The van der Waals surface area contributed by atoms with Gasteiger partial charge in [0.1, 0.15) is 0 Å². The van der Waals surface area contributed by atoms with E-state index in [1.165, 1.54) is 77.0 Å². The fraction of sp³-hybridized carbons (Fsp3) is 0.889. The van der Waals surface area contributed by atoms with Crippen LogP contribution in [0.3, 0.4) is 0 Å². The molecule has 0 aliphatic rings. The molecular formula is C18H40N2NiO4. The second kappa shape index (κ2) is 49.5. The second-order valence-electron chi connectivity index (χ2n) is 5.31. The molecule has 7 heteroatoms. The van der Waals surface area contributed by atoms with Gasteiger partial charge in [-0.15, -0.1) is 0 Å². The predicted octanol–water partition coefficient (Wildman–Crippen LogP) is 1.34. The first-order valence-electron chi connectivity index (χ1n) is 9.17. The Labute approximate surface area is 165 Å². The smallest absolute Gasteiger partial charge is 0.554 e. The van der Waals surface area contributed by atoms with Crippen LogP contribution in [0.15, 0.2) is 0 Å². The molecule has 0 radical (unpaired) electrons. The van der Waals surface area contributed by atoms with Gasteiger partial charge < -0.3 is 31.3 Å².